The quantitative estimate of drug-likeness (QED) is 0.740. The molecule has 2 aromatic rings. The molecule has 0 aliphatic carbocycles. The zero-order valence-electron chi connectivity index (χ0n) is 10.9. The third kappa shape index (κ3) is 3.98. The first kappa shape index (κ1) is 13.4. The molecule has 0 spiro atoms. The second-order valence-corrected chi connectivity index (χ2v) is 4.66. The van der Waals surface area contributed by atoms with Crippen molar-refractivity contribution in [1.82, 2.24) is 0 Å². The summed E-state index contributed by atoms with van der Waals surface area (Å²) < 4.78 is 0. The Hall–Kier alpha value is -2.03. The fourth-order valence-electron chi connectivity index (χ4n) is 2.18. The van der Waals surface area contributed by atoms with E-state index in [0.29, 0.717) is 0 Å². The molecular formula is C16H19NO2. The molecule has 0 fully saturated rings. The predicted octanol–water partition coefficient (Wildman–Crippen LogP) is 3.90. The maximum Gasteiger partial charge on any atom is 0.303 e. The minimum Gasteiger partial charge on any atom is -0.481 e. The summed E-state index contributed by atoms with van der Waals surface area (Å²) in [5, 5.41) is 14.4. The molecule has 0 atom stereocenters. The molecule has 3 heteroatoms. The minimum absolute atomic E-state index is 0.272. The van der Waals surface area contributed by atoms with Crippen molar-refractivity contribution in [1.29, 1.82) is 0 Å². The van der Waals surface area contributed by atoms with E-state index >= 15 is 0 Å². The van der Waals surface area contributed by atoms with Crippen LogP contribution in [0.4, 0.5) is 5.69 Å². The molecule has 100 valence electrons. The van der Waals surface area contributed by atoms with Gasteiger partial charge in [0.05, 0.1) is 0 Å². The number of nitrogens with one attached hydrogen (secondary N) is 1. The monoisotopic (exact) mass is 257 g/mol. The SMILES string of the molecule is O=C(O)CCCCCNc1cccc2ccccc12. The van der Waals surface area contributed by atoms with Gasteiger partial charge in [0.2, 0.25) is 0 Å². The number of benzene rings is 2. The molecule has 2 aromatic carbocycles. The lowest BCUT2D eigenvalue weighted by atomic mass is 10.1. The molecule has 0 aliphatic heterocycles. The van der Waals surface area contributed by atoms with Crippen LogP contribution in [-0.2, 0) is 4.79 Å². The molecule has 0 bridgehead atoms. The minimum atomic E-state index is -0.706. The van der Waals surface area contributed by atoms with E-state index in [0.717, 1.165) is 31.5 Å². The van der Waals surface area contributed by atoms with Crippen LogP contribution in [0.5, 0.6) is 0 Å². The summed E-state index contributed by atoms with van der Waals surface area (Å²) in [4.78, 5) is 10.4. The number of hydrogen-bond donors (Lipinski definition) is 2. The summed E-state index contributed by atoms with van der Waals surface area (Å²) >= 11 is 0. The van der Waals surface area contributed by atoms with Crippen molar-refractivity contribution >= 4 is 22.4 Å². The van der Waals surface area contributed by atoms with Crippen LogP contribution in [0.3, 0.4) is 0 Å². The third-order valence-corrected chi connectivity index (χ3v) is 3.17. The van der Waals surface area contributed by atoms with Crippen molar-refractivity contribution in [3.05, 3.63) is 42.5 Å². The number of hydrogen-bond acceptors (Lipinski definition) is 2. The Bertz CT molecular complexity index is 546. The Morgan fingerprint density at radius 3 is 2.63 bits per heavy atom. The normalized spacial score (nSPS) is 10.5. The van der Waals surface area contributed by atoms with Crippen molar-refractivity contribution in [2.75, 3.05) is 11.9 Å². The fourth-order valence-corrected chi connectivity index (χ4v) is 2.18. The first-order chi connectivity index (χ1) is 9.27. The zero-order valence-corrected chi connectivity index (χ0v) is 10.9. The number of rotatable bonds is 7. The second-order valence-electron chi connectivity index (χ2n) is 4.66. The van der Waals surface area contributed by atoms with Gasteiger partial charge in [-0.2, -0.15) is 0 Å². The molecule has 0 aliphatic rings. The van der Waals surface area contributed by atoms with E-state index in [2.05, 4.69) is 35.6 Å². The Balaban J connectivity index is 1.83. The van der Waals surface area contributed by atoms with Gasteiger partial charge in [0.15, 0.2) is 0 Å². The molecule has 19 heavy (non-hydrogen) atoms. The van der Waals surface area contributed by atoms with Crippen LogP contribution in [-0.4, -0.2) is 17.6 Å². The maximum atomic E-state index is 10.4. The van der Waals surface area contributed by atoms with Crippen LogP contribution < -0.4 is 5.32 Å². The maximum absolute atomic E-state index is 10.4. The topological polar surface area (TPSA) is 49.3 Å². The first-order valence-electron chi connectivity index (χ1n) is 6.71. The highest BCUT2D eigenvalue weighted by molar-refractivity contribution is 5.93. The number of anilines is 1. The lowest BCUT2D eigenvalue weighted by Crippen LogP contribution is -2.02. The van der Waals surface area contributed by atoms with Gasteiger partial charge in [-0.05, 0) is 24.3 Å². The van der Waals surface area contributed by atoms with E-state index in [1.165, 1.54) is 10.8 Å². The van der Waals surface area contributed by atoms with Gasteiger partial charge < -0.3 is 10.4 Å². The zero-order chi connectivity index (χ0) is 13.5. The smallest absolute Gasteiger partial charge is 0.303 e. The van der Waals surface area contributed by atoms with Gasteiger partial charge in [0, 0.05) is 24.0 Å². The summed E-state index contributed by atoms with van der Waals surface area (Å²) in [5.41, 5.74) is 1.15. The van der Waals surface area contributed by atoms with Gasteiger partial charge in [0.1, 0.15) is 0 Å². The predicted molar refractivity (Wildman–Crippen MR) is 78.5 cm³/mol. The molecule has 0 saturated heterocycles. The molecule has 0 unspecified atom stereocenters. The lowest BCUT2D eigenvalue weighted by Gasteiger charge is -2.09. The van der Waals surface area contributed by atoms with Crippen molar-refractivity contribution in [2.24, 2.45) is 0 Å². The summed E-state index contributed by atoms with van der Waals surface area (Å²) in [5.74, 6) is -0.706. The molecule has 0 radical (unpaired) electrons. The number of fused-ring (bicyclic) bond motifs is 1. The summed E-state index contributed by atoms with van der Waals surface area (Å²) in [6, 6.07) is 14.5. The average molecular weight is 257 g/mol. The van der Waals surface area contributed by atoms with E-state index in [9.17, 15) is 4.79 Å². The molecule has 0 saturated carbocycles. The van der Waals surface area contributed by atoms with Crippen LogP contribution in [0, 0.1) is 0 Å². The highest BCUT2D eigenvalue weighted by Gasteiger charge is 1.99. The van der Waals surface area contributed by atoms with Crippen molar-refractivity contribution in [3.63, 3.8) is 0 Å². The van der Waals surface area contributed by atoms with E-state index in [-0.39, 0.29) is 6.42 Å². The highest BCUT2D eigenvalue weighted by atomic mass is 16.4. The van der Waals surface area contributed by atoms with Crippen molar-refractivity contribution in [2.45, 2.75) is 25.7 Å². The summed E-state index contributed by atoms with van der Waals surface area (Å²) in [6.07, 6.45) is 2.97. The fraction of sp³-hybridized carbons (Fsp3) is 0.312. The summed E-state index contributed by atoms with van der Waals surface area (Å²) in [7, 11) is 0. The molecule has 0 amide bonds. The van der Waals surface area contributed by atoms with Gasteiger partial charge in [-0.1, -0.05) is 42.8 Å². The second kappa shape index (κ2) is 6.78. The molecule has 3 nitrogen and oxygen atoms in total. The van der Waals surface area contributed by atoms with E-state index in [1.807, 2.05) is 12.1 Å². The van der Waals surface area contributed by atoms with E-state index in [1.54, 1.807) is 0 Å². The molecule has 0 aromatic heterocycles. The van der Waals surface area contributed by atoms with Crippen LogP contribution in [0.2, 0.25) is 0 Å². The van der Waals surface area contributed by atoms with Crippen molar-refractivity contribution in [3.8, 4) is 0 Å². The number of unbranched alkanes of at least 4 members (excludes halogenated alkanes) is 2. The van der Waals surface area contributed by atoms with Gasteiger partial charge in [-0.15, -0.1) is 0 Å². The number of carbonyl (C=O) groups is 1. The Kier molecular flexibility index (Phi) is 4.78. The van der Waals surface area contributed by atoms with Gasteiger partial charge in [0.25, 0.3) is 0 Å². The first-order valence-corrected chi connectivity index (χ1v) is 6.71. The Morgan fingerprint density at radius 2 is 1.79 bits per heavy atom. The van der Waals surface area contributed by atoms with Crippen LogP contribution in [0.1, 0.15) is 25.7 Å². The van der Waals surface area contributed by atoms with Crippen LogP contribution >= 0.6 is 0 Å². The standard InChI is InChI=1S/C16H19NO2/c18-16(19)11-2-1-5-12-17-15-10-6-8-13-7-3-4-9-14(13)15/h3-4,6-10,17H,1-2,5,11-12H2,(H,18,19). The Labute approximate surface area is 113 Å². The molecule has 2 N–H and O–H groups in total. The summed E-state index contributed by atoms with van der Waals surface area (Å²) in [6.45, 7) is 0.883. The molecule has 0 heterocycles. The van der Waals surface area contributed by atoms with Crippen molar-refractivity contribution < 1.29 is 9.90 Å². The highest BCUT2D eigenvalue weighted by Crippen LogP contribution is 2.22. The number of aliphatic carboxylic acids is 1. The number of carboxylic acids is 1. The van der Waals surface area contributed by atoms with E-state index < -0.39 is 5.97 Å². The largest absolute Gasteiger partial charge is 0.481 e. The molecular weight excluding hydrogens is 238 g/mol. The van der Waals surface area contributed by atoms with Crippen LogP contribution in [0.15, 0.2) is 42.5 Å². The van der Waals surface area contributed by atoms with Gasteiger partial charge >= 0.3 is 5.97 Å². The molecule has 2 rings (SSSR count). The Morgan fingerprint density at radius 1 is 1.00 bits per heavy atom. The van der Waals surface area contributed by atoms with Gasteiger partial charge in [-0.25, -0.2) is 0 Å². The number of carboxylic acid groups (broad SMARTS) is 1. The van der Waals surface area contributed by atoms with Crippen LogP contribution in [0.25, 0.3) is 10.8 Å². The van der Waals surface area contributed by atoms with E-state index in [4.69, 9.17) is 5.11 Å². The van der Waals surface area contributed by atoms with Gasteiger partial charge in [-0.3, -0.25) is 4.79 Å². The lowest BCUT2D eigenvalue weighted by molar-refractivity contribution is -0.137. The average Bonchev–Trinajstić information content (AvgIpc) is 2.42. The third-order valence-electron chi connectivity index (χ3n) is 3.17.